The van der Waals surface area contributed by atoms with Crippen LogP contribution >= 0.6 is 11.6 Å². The zero-order valence-electron chi connectivity index (χ0n) is 9.13. The van der Waals surface area contributed by atoms with Gasteiger partial charge in [-0.15, -0.1) is 16.7 Å². The highest BCUT2D eigenvalue weighted by Crippen LogP contribution is 2.31. The molecule has 0 unspecified atom stereocenters. The molecule has 0 aliphatic heterocycles. The maximum atomic E-state index is 6.03. The number of hydrogen-bond donors (Lipinski definition) is 0. The number of aryl methyl sites for hydroxylation is 1. The number of nitrogens with zero attached hydrogens (tertiary/aromatic N) is 3. The number of hydrogen-bond acceptors (Lipinski definition) is 2. The standard InChI is InChI=1S/C10H18ClN3/c1-4-10(5-2,8-11)6-9-7-14(3)13-12-9/h7H,4-6,8H2,1-3H3. The van der Waals surface area contributed by atoms with E-state index >= 15 is 0 Å². The summed E-state index contributed by atoms with van der Waals surface area (Å²) in [5, 5.41) is 8.03. The summed E-state index contributed by atoms with van der Waals surface area (Å²) < 4.78 is 1.74. The highest BCUT2D eigenvalue weighted by molar-refractivity contribution is 6.18. The van der Waals surface area contributed by atoms with Gasteiger partial charge in [0.05, 0.1) is 5.69 Å². The normalized spacial score (nSPS) is 12.0. The van der Waals surface area contributed by atoms with Crippen LogP contribution in [0.15, 0.2) is 6.20 Å². The Morgan fingerprint density at radius 3 is 2.43 bits per heavy atom. The van der Waals surface area contributed by atoms with E-state index in [9.17, 15) is 0 Å². The highest BCUT2D eigenvalue weighted by Gasteiger charge is 2.26. The van der Waals surface area contributed by atoms with Crippen LogP contribution in [0, 0.1) is 5.41 Å². The van der Waals surface area contributed by atoms with Gasteiger partial charge in [-0.25, -0.2) is 0 Å². The summed E-state index contributed by atoms with van der Waals surface area (Å²) >= 11 is 6.03. The highest BCUT2D eigenvalue weighted by atomic mass is 35.5. The predicted molar refractivity (Wildman–Crippen MR) is 58.4 cm³/mol. The van der Waals surface area contributed by atoms with E-state index in [0.717, 1.165) is 25.0 Å². The molecular weight excluding hydrogens is 198 g/mol. The molecule has 0 saturated heterocycles. The molecule has 1 aromatic rings. The Bertz CT molecular complexity index is 270. The van der Waals surface area contributed by atoms with Crippen molar-refractivity contribution in [3.05, 3.63) is 11.9 Å². The molecule has 0 aliphatic carbocycles. The molecule has 0 N–H and O–H groups in total. The first-order valence-electron chi connectivity index (χ1n) is 5.07. The fourth-order valence-electron chi connectivity index (χ4n) is 1.60. The third-order valence-corrected chi connectivity index (χ3v) is 3.56. The lowest BCUT2D eigenvalue weighted by Gasteiger charge is -2.27. The molecule has 0 fully saturated rings. The lowest BCUT2D eigenvalue weighted by atomic mass is 9.80. The molecule has 1 aromatic heterocycles. The molecule has 1 heterocycles. The first-order valence-corrected chi connectivity index (χ1v) is 5.60. The zero-order chi connectivity index (χ0) is 10.6. The molecule has 0 spiro atoms. The van der Waals surface area contributed by atoms with Crippen LogP contribution in [0.5, 0.6) is 0 Å². The van der Waals surface area contributed by atoms with Gasteiger partial charge in [0, 0.05) is 19.1 Å². The Labute approximate surface area is 90.4 Å². The second-order valence-electron chi connectivity index (χ2n) is 3.90. The lowest BCUT2D eigenvalue weighted by molar-refractivity contribution is 0.298. The summed E-state index contributed by atoms with van der Waals surface area (Å²) in [5.41, 5.74) is 1.23. The SMILES string of the molecule is CCC(CC)(CCl)Cc1cn(C)nn1. The maximum absolute atomic E-state index is 6.03. The van der Waals surface area contributed by atoms with Gasteiger partial charge in [0.25, 0.3) is 0 Å². The largest absolute Gasteiger partial charge is 0.255 e. The van der Waals surface area contributed by atoms with E-state index in [1.807, 2.05) is 13.2 Å². The minimum Gasteiger partial charge on any atom is -0.255 e. The van der Waals surface area contributed by atoms with E-state index in [1.165, 1.54) is 0 Å². The summed E-state index contributed by atoms with van der Waals surface area (Å²) in [4.78, 5) is 0. The van der Waals surface area contributed by atoms with Crippen molar-refractivity contribution in [1.82, 2.24) is 15.0 Å². The number of rotatable bonds is 5. The van der Waals surface area contributed by atoms with Gasteiger partial charge in [-0.1, -0.05) is 19.1 Å². The van der Waals surface area contributed by atoms with Crippen LogP contribution in [0.4, 0.5) is 0 Å². The van der Waals surface area contributed by atoms with Crippen molar-refractivity contribution in [3.63, 3.8) is 0 Å². The van der Waals surface area contributed by atoms with E-state index in [2.05, 4.69) is 24.2 Å². The van der Waals surface area contributed by atoms with Crippen LogP contribution in [0.1, 0.15) is 32.4 Å². The van der Waals surface area contributed by atoms with E-state index in [4.69, 9.17) is 11.6 Å². The van der Waals surface area contributed by atoms with Crippen LogP contribution < -0.4 is 0 Å². The second-order valence-corrected chi connectivity index (χ2v) is 4.17. The summed E-state index contributed by atoms with van der Waals surface area (Å²) in [6, 6.07) is 0. The summed E-state index contributed by atoms with van der Waals surface area (Å²) in [6.07, 6.45) is 5.07. The van der Waals surface area contributed by atoms with E-state index in [1.54, 1.807) is 4.68 Å². The molecule has 0 aliphatic rings. The third-order valence-electron chi connectivity index (χ3n) is 2.99. The molecule has 80 valence electrons. The Hall–Kier alpha value is -0.570. The van der Waals surface area contributed by atoms with Crippen molar-refractivity contribution >= 4 is 11.6 Å². The van der Waals surface area contributed by atoms with Crippen LogP contribution in [0.2, 0.25) is 0 Å². The zero-order valence-corrected chi connectivity index (χ0v) is 9.88. The summed E-state index contributed by atoms with van der Waals surface area (Å²) in [6.45, 7) is 4.37. The molecule has 14 heavy (non-hydrogen) atoms. The molecule has 0 aromatic carbocycles. The maximum Gasteiger partial charge on any atom is 0.0832 e. The molecule has 0 radical (unpaired) electrons. The first kappa shape index (κ1) is 11.5. The fourth-order valence-corrected chi connectivity index (χ4v) is 2.07. The van der Waals surface area contributed by atoms with Crippen molar-refractivity contribution < 1.29 is 0 Å². The Morgan fingerprint density at radius 1 is 1.43 bits per heavy atom. The van der Waals surface area contributed by atoms with Crippen LogP contribution in [0.25, 0.3) is 0 Å². The van der Waals surface area contributed by atoms with E-state index < -0.39 is 0 Å². The molecule has 0 atom stereocenters. The quantitative estimate of drug-likeness (QED) is 0.707. The van der Waals surface area contributed by atoms with Crippen molar-refractivity contribution in [2.75, 3.05) is 5.88 Å². The van der Waals surface area contributed by atoms with E-state index in [-0.39, 0.29) is 5.41 Å². The first-order chi connectivity index (χ1) is 6.65. The van der Waals surface area contributed by atoms with Crippen LogP contribution in [-0.4, -0.2) is 20.9 Å². The molecule has 0 saturated carbocycles. The minimum atomic E-state index is 0.192. The Kier molecular flexibility index (Phi) is 3.93. The van der Waals surface area contributed by atoms with Gasteiger partial charge in [0.1, 0.15) is 0 Å². The number of aromatic nitrogens is 3. The monoisotopic (exact) mass is 215 g/mol. The Morgan fingerprint density at radius 2 is 2.07 bits per heavy atom. The Balaban J connectivity index is 2.73. The van der Waals surface area contributed by atoms with Gasteiger partial charge in [0.15, 0.2) is 0 Å². The summed E-state index contributed by atoms with van der Waals surface area (Å²) in [7, 11) is 1.89. The van der Waals surface area contributed by atoms with Gasteiger partial charge >= 0.3 is 0 Å². The van der Waals surface area contributed by atoms with Crippen LogP contribution in [-0.2, 0) is 13.5 Å². The van der Waals surface area contributed by atoms with Gasteiger partial charge in [0.2, 0.25) is 0 Å². The molecular formula is C10H18ClN3. The topological polar surface area (TPSA) is 30.7 Å². The summed E-state index contributed by atoms with van der Waals surface area (Å²) in [5.74, 6) is 0.691. The average molecular weight is 216 g/mol. The van der Waals surface area contributed by atoms with Gasteiger partial charge in [-0.2, -0.15) is 0 Å². The average Bonchev–Trinajstić information content (AvgIpc) is 2.61. The lowest BCUT2D eigenvalue weighted by Crippen LogP contribution is -2.24. The van der Waals surface area contributed by atoms with E-state index in [0.29, 0.717) is 5.88 Å². The van der Waals surface area contributed by atoms with Gasteiger partial charge in [-0.05, 0) is 24.7 Å². The van der Waals surface area contributed by atoms with Crippen molar-refractivity contribution in [2.24, 2.45) is 12.5 Å². The fraction of sp³-hybridized carbons (Fsp3) is 0.800. The number of halogens is 1. The van der Waals surface area contributed by atoms with Gasteiger partial charge < -0.3 is 0 Å². The second kappa shape index (κ2) is 4.78. The van der Waals surface area contributed by atoms with Crippen LogP contribution in [0.3, 0.4) is 0 Å². The van der Waals surface area contributed by atoms with Crippen molar-refractivity contribution in [2.45, 2.75) is 33.1 Å². The predicted octanol–water partition coefficient (Wildman–Crippen LogP) is 2.40. The van der Waals surface area contributed by atoms with Crippen molar-refractivity contribution in [1.29, 1.82) is 0 Å². The third kappa shape index (κ3) is 2.47. The number of alkyl halides is 1. The molecule has 4 heteroatoms. The minimum absolute atomic E-state index is 0.192. The molecule has 0 bridgehead atoms. The smallest absolute Gasteiger partial charge is 0.0832 e. The van der Waals surface area contributed by atoms with Crippen molar-refractivity contribution in [3.8, 4) is 0 Å². The van der Waals surface area contributed by atoms with Gasteiger partial charge in [-0.3, -0.25) is 4.68 Å². The molecule has 1 rings (SSSR count). The molecule has 0 amide bonds. The molecule has 3 nitrogen and oxygen atoms in total.